The van der Waals surface area contributed by atoms with E-state index in [1.807, 2.05) is 0 Å². The molecule has 0 spiro atoms. The second-order valence-corrected chi connectivity index (χ2v) is 4.59. The average Bonchev–Trinajstić information content (AvgIpc) is 2.47. The monoisotopic (exact) mass is 326 g/mol. The molecule has 0 saturated carbocycles. The van der Waals surface area contributed by atoms with Crippen molar-refractivity contribution in [1.82, 2.24) is 0 Å². The average molecular weight is 326 g/mol. The fraction of sp³-hybridized carbons (Fsp3) is 0.0667. The van der Waals surface area contributed by atoms with Crippen molar-refractivity contribution in [3.05, 3.63) is 65.2 Å². The van der Waals surface area contributed by atoms with Gasteiger partial charge in [0.1, 0.15) is 11.6 Å². The molecular weight excluding hydrogens is 316 g/mol. The smallest absolute Gasteiger partial charge is 0.350 e. The van der Waals surface area contributed by atoms with Gasteiger partial charge >= 0.3 is 5.92 Å². The molecule has 0 bridgehead atoms. The molecule has 0 radical (unpaired) electrons. The summed E-state index contributed by atoms with van der Waals surface area (Å²) in [6, 6.07) is 5.59. The molecule has 4 nitrogen and oxygen atoms in total. The minimum atomic E-state index is -4.02. The Balaban J connectivity index is 2.33. The number of alkyl halides is 2. The van der Waals surface area contributed by atoms with E-state index in [0.717, 1.165) is 36.4 Å². The third-order valence-electron chi connectivity index (χ3n) is 2.99. The van der Waals surface area contributed by atoms with E-state index in [0.29, 0.717) is 6.07 Å². The quantitative estimate of drug-likeness (QED) is 0.848. The van der Waals surface area contributed by atoms with Crippen LogP contribution in [0.5, 0.6) is 0 Å². The summed E-state index contributed by atoms with van der Waals surface area (Å²) in [5, 5.41) is 1.76. The van der Waals surface area contributed by atoms with Crippen LogP contribution < -0.4 is 11.1 Å². The van der Waals surface area contributed by atoms with E-state index in [1.165, 1.54) is 0 Å². The summed E-state index contributed by atoms with van der Waals surface area (Å²) in [6.07, 6.45) is 0. The molecule has 0 heterocycles. The summed E-state index contributed by atoms with van der Waals surface area (Å²) in [4.78, 5) is 23.0. The first-order valence-corrected chi connectivity index (χ1v) is 6.26. The van der Waals surface area contributed by atoms with Crippen molar-refractivity contribution in [2.24, 2.45) is 5.73 Å². The molecule has 0 fully saturated rings. The van der Waals surface area contributed by atoms with E-state index in [4.69, 9.17) is 5.73 Å². The Kier molecular flexibility index (Phi) is 4.35. The van der Waals surface area contributed by atoms with E-state index in [2.05, 4.69) is 0 Å². The molecule has 0 atom stereocenters. The lowest BCUT2D eigenvalue weighted by atomic mass is 10.1. The van der Waals surface area contributed by atoms with Crippen LogP contribution in [0, 0.1) is 11.6 Å². The number of amides is 2. The van der Waals surface area contributed by atoms with Crippen LogP contribution in [0.2, 0.25) is 0 Å². The van der Waals surface area contributed by atoms with Gasteiger partial charge in [0.15, 0.2) is 0 Å². The van der Waals surface area contributed by atoms with E-state index in [9.17, 15) is 27.2 Å². The van der Waals surface area contributed by atoms with Crippen molar-refractivity contribution in [3.63, 3.8) is 0 Å². The zero-order chi connectivity index (χ0) is 17.2. The van der Waals surface area contributed by atoms with E-state index >= 15 is 0 Å². The van der Waals surface area contributed by atoms with Crippen LogP contribution in [-0.2, 0) is 10.7 Å². The van der Waals surface area contributed by atoms with Crippen LogP contribution in [-0.4, -0.2) is 11.8 Å². The molecule has 0 unspecified atom stereocenters. The normalized spacial score (nSPS) is 11.1. The Labute approximate surface area is 127 Å². The molecule has 2 amide bonds. The zero-order valence-electron chi connectivity index (χ0n) is 11.4. The van der Waals surface area contributed by atoms with E-state index < -0.39 is 40.6 Å². The van der Waals surface area contributed by atoms with Crippen LogP contribution in [0.15, 0.2) is 42.5 Å². The number of rotatable bonds is 4. The van der Waals surface area contributed by atoms with Gasteiger partial charge in [0, 0.05) is 5.56 Å². The van der Waals surface area contributed by atoms with Crippen LogP contribution >= 0.6 is 0 Å². The van der Waals surface area contributed by atoms with Crippen LogP contribution in [0.3, 0.4) is 0 Å². The van der Waals surface area contributed by atoms with Gasteiger partial charge in [0.05, 0.1) is 11.3 Å². The largest absolute Gasteiger partial charge is 0.366 e. The molecule has 2 aromatic carbocycles. The fourth-order valence-electron chi connectivity index (χ4n) is 1.83. The number of nitrogens with two attached hydrogens (primary N) is 1. The summed E-state index contributed by atoms with van der Waals surface area (Å²) in [6.45, 7) is 0. The van der Waals surface area contributed by atoms with E-state index in [-0.39, 0.29) is 5.56 Å². The highest BCUT2D eigenvalue weighted by Crippen LogP contribution is 2.30. The second-order valence-electron chi connectivity index (χ2n) is 4.59. The number of hydrogen-bond acceptors (Lipinski definition) is 2. The van der Waals surface area contributed by atoms with Gasteiger partial charge in [-0.2, -0.15) is 8.78 Å². The first kappa shape index (κ1) is 16.5. The van der Waals surface area contributed by atoms with Gasteiger partial charge in [-0.15, -0.1) is 0 Å². The first-order chi connectivity index (χ1) is 10.7. The standard InChI is InChI=1S/C15H10F4N2O2/c16-9-3-1-8(2-4-9)15(18,19)14(23)21-12-7-10(17)5-6-11(12)13(20)22/h1-7H,(H2,20,22)(H,21,23). The Morgan fingerprint density at radius 3 is 2.09 bits per heavy atom. The van der Waals surface area contributed by atoms with Crippen LogP contribution in [0.1, 0.15) is 15.9 Å². The highest BCUT2D eigenvalue weighted by atomic mass is 19.3. The van der Waals surface area contributed by atoms with Crippen molar-refractivity contribution in [3.8, 4) is 0 Å². The maximum atomic E-state index is 14.1. The third-order valence-corrected chi connectivity index (χ3v) is 2.99. The molecule has 120 valence electrons. The highest BCUT2D eigenvalue weighted by Gasteiger charge is 2.41. The summed E-state index contributed by atoms with van der Waals surface area (Å²) >= 11 is 0. The summed E-state index contributed by atoms with van der Waals surface area (Å²) < 4.78 is 54.1. The van der Waals surface area contributed by atoms with Gasteiger partial charge < -0.3 is 11.1 Å². The molecular formula is C15H10F4N2O2. The first-order valence-electron chi connectivity index (χ1n) is 6.26. The number of primary amides is 1. The lowest BCUT2D eigenvalue weighted by molar-refractivity contribution is -0.140. The maximum Gasteiger partial charge on any atom is 0.350 e. The SMILES string of the molecule is NC(=O)c1ccc(F)cc1NC(=O)C(F)(F)c1ccc(F)cc1. The Hall–Kier alpha value is -2.90. The number of halogens is 4. The third kappa shape index (κ3) is 3.47. The fourth-order valence-corrected chi connectivity index (χ4v) is 1.83. The number of carbonyl (C=O) groups excluding carboxylic acids is 2. The number of benzene rings is 2. The van der Waals surface area contributed by atoms with Crippen molar-refractivity contribution in [2.45, 2.75) is 5.92 Å². The highest BCUT2D eigenvalue weighted by molar-refractivity contribution is 6.04. The predicted molar refractivity (Wildman–Crippen MR) is 73.8 cm³/mol. The molecule has 23 heavy (non-hydrogen) atoms. The molecule has 2 aromatic rings. The molecule has 0 aliphatic heterocycles. The number of carbonyl (C=O) groups is 2. The summed E-state index contributed by atoms with van der Waals surface area (Å²) in [5.41, 5.74) is 3.47. The Bertz CT molecular complexity index is 761. The number of nitrogens with one attached hydrogen (secondary N) is 1. The van der Waals surface area contributed by atoms with Crippen molar-refractivity contribution < 1.29 is 27.2 Å². The molecule has 0 saturated heterocycles. The van der Waals surface area contributed by atoms with Crippen molar-refractivity contribution in [2.75, 3.05) is 5.32 Å². The van der Waals surface area contributed by atoms with Crippen LogP contribution in [0.4, 0.5) is 23.2 Å². The van der Waals surface area contributed by atoms with Crippen molar-refractivity contribution >= 4 is 17.5 Å². The Morgan fingerprint density at radius 1 is 0.957 bits per heavy atom. The molecule has 3 N–H and O–H groups in total. The maximum absolute atomic E-state index is 14.1. The van der Waals surface area contributed by atoms with Crippen LogP contribution in [0.25, 0.3) is 0 Å². The Morgan fingerprint density at radius 2 is 1.52 bits per heavy atom. The van der Waals surface area contributed by atoms with Gasteiger partial charge in [-0.3, -0.25) is 9.59 Å². The molecule has 0 aliphatic carbocycles. The van der Waals surface area contributed by atoms with Gasteiger partial charge in [-0.25, -0.2) is 8.78 Å². The minimum Gasteiger partial charge on any atom is -0.366 e. The predicted octanol–water partition coefficient (Wildman–Crippen LogP) is 2.79. The molecule has 0 aliphatic rings. The van der Waals surface area contributed by atoms with Gasteiger partial charge in [-0.1, -0.05) is 0 Å². The number of hydrogen-bond donors (Lipinski definition) is 2. The second kappa shape index (κ2) is 6.07. The molecule has 0 aromatic heterocycles. The lowest BCUT2D eigenvalue weighted by Gasteiger charge is -2.17. The van der Waals surface area contributed by atoms with Crippen molar-refractivity contribution in [1.29, 1.82) is 0 Å². The summed E-state index contributed by atoms with van der Waals surface area (Å²) in [7, 11) is 0. The van der Waals surface area contributed by atoms with Gasteiger partial charge in [0.2, 0.25) is 0 Å². The minimum absolute atomic E-state index is 0.324. The van der Waals surface area contributed by atoms with E-state index in [1.54, 1.807) is 5.32 Å². The number of anilines is 1. The lowest BCUT2D eigenvalue weighted by Crippen LogP contribution is -2.33. The zero-order valence-corrected chi connectivity index (χ0v) is 11.4. The van der Waals surface area contributed by atoms with Gasteiger partial charge in [0.25, 0.3) is 11.8 Å². The summed E-state index contributed by atoms with van der Waals surface area (Å²) in [5.74, 6) is -8.45. The molecule has 8 heteroatoms. The van der Waals surface area contributed by atoms with Gasteiger partial charge in [-0.05, 0) is 42.5 Å². The molecule has 2 rings (SSSR count). The topological polar surface area (TPSA) is 72.2 Å².